The van der Waals surface area contributed by atoms with E-state index < -0.39 is 23.5 Å². The molecule has 172 valence electrons. The molecule has 0 aliphatic carbocycles. The lowest BCUT2D eigenvalue weighted by Gasteiger charge is -2.25. The average Bonchev–Trinajstić information content (AvgIpc) is 3.42. The van der Waals surface area contributed by atoms with E-state index in [-0.39, 0.29) is 23.7 Å². The summed E-state index contributed by atoms with van der Waals surface area (Å²) >= 11 is 0. The lowest BCUT2D eigenvalue weighted by Crippen LogP contribution is -2.29. The molecule has 0 spiro atoms. The Kier molecular flexibility index (Phi) is 5.41. The van der Waals surface area contributed by atoms with Crippen molar-refractivity contribution in [3.8, 4) is 17.2 Å². The van der Waals surface area contributed by atoms with Crippen molar-refractivity contribution in [2.24, 2.45) is 0 Å². The number of hydrogen-bond donors (Lipinski definition) is 1. The van der Waals surface area contributed by atoms with Crippen molar-refractivity contribution in [3.63, 3.8) is 0 Å². The smallest absolute Gasteiger partial charge is 0.300 e. The SMILES string of the molecule is CCOc1ccc(C2/C(=C(\O)c3ccc(F)cc3)C(=O)C(=O)N2c2ccc3c(c2)OCO3)cc1. The summed E-state index contributed by atoms with van der Waals surface area (Å²) < 4.78 is 29.7. The topological polar surface area (TPSA) is 85.3 Å². The second-order valence-electron chi connectivity index (χ2n) is 7.72. The zero-order chi connectivity index (χ0) is 23.8. The third-order valence-corrected chi connectivity index (χ3v) is 5.70. The molecule has 1 atom stereocenters. The standard InChI is InChI=1S/C26H20FNO6/c1-2-32-19-10-5-15(6-11-19)23-22(24(29)16-3-7-17(27)8-4-16)25(30)26(31)28(23)18-9-12-20-21(13-18)34-14-33-20/h3-13,23,29H,2,14H2,1H3/b24-22+. The summed E-state index contributed by atoms with van der Waals surface area (Å²) in [6.07, 6.45) is 0. The maximum Gasteiger partial charge on any atom is 0.300 e. The molecule has 3 aromatic rings. The number of fused-ring (bicyclic) bond motifs is 1. The number of anilines is 1. The van der Waals surface area contributed by atoms with Crippen molar-refractivity contribution in [2.45, 2.75) is 13.0 Å². The molecule has 0 radical (unpaired) electrons. The zero-order valence-electron chi connectivity index (χ0n) is 18.2. The van der Waals surface area contributed by atoms with Gasteiger partial charge in [0, 0.05) is 17.3 Å². The molecule has 0 bridgehead atoms. The molecule has 1 fully saturated rings. The highest BCUT2D eigenvalue weighted by atomic mass is 19.1. The molecule has 5 rings (SSSR count). The molecule has 1 N–H and O–H groups in total. The van der Waals surface area contributed by atoms with Crippen LogP contribution in [0.15, 0.2) is 72.3 Å². The van der Waals surface area contributed by atoms with Crippen molar-refractivity contribution in [1.29, 1.82) is 0 Å². The van der Waals surface area contributed by atoms with Gasteiger partial charge in [0.2, 0.25) is 6.79 Å². The average molecular weight is 461 g/mol. The monoisotopic (exact) mass is 461 g/mol. The molecule has 0 saturated carbocycles. The van der Waals surface area contributed by atoms with E-state index in [0.29, 0.717) is 35.1 Å². The summed E-state index contributed by atoms with van der Waals surface area (Å²) in [6, 6.07) is 16.0. The summed E-state index contributed by atoms with van der Waals surface area (Å²) in [7, 11) is 0. The first kappa shape index (κ1) is 21.5. The van der Waals surface area contributed by atoms with E-state index in [1.165, 1.54) is 29.2 Å². The minimum Gasteiger partial charge on any atom is -0.507 e. The summed E-state index contributed by atoms with van der Waals surface area (Å²) in [5, 5.41) is 11.1. The molecule has 0 aromatic heterocycles. The van der Waals surface area contributed by atoms with Gasteiger partial charge in [-0.3, -0.25) is 14.5 Å². The Labute approximate surface area is 194 Å². The molecular formula is C26H20FNO6. The third kappa shape index (κ3) is 3.63. The second kappa shape index (κ2) is 8.55. The first-order valence-electron chi connectivity index (χ1n) is 10.7. The van der Waals surface area contributed by atoms with Crippen LogP contribution in [0.2, 0.25) is 0 Å². The predicted octanol–water partition coefficient (Wildman–Crippen LogP) is 4.58. The fourth-order valence-electron chi connectivity index (χ4n) is 4.13. The van der Waals surface area contributed by atoms with Crippen LogP contribution in [-0.4, -0.2) is 30.2 Å². The third-order valence-electron chi connectivity index (χ3n) is 5.70. The van der Waals surface area contributed by atoms with E-state index in [1.807, 2.05) is 6.92 Å². The Morgan fingerprint density at radius 2 is 1.74 bits per heavy atom. The van der Waals surface area contributed by atoms with Gasteiger partial charge in [0.05, 0.1) is 18.2 Å². The van der Waals surface area contributed by atoms with Gasteiger partial charge in [0.25, 0.3) is 11.7 Å². The molecule has 8 heteroatoms. The van der Waals surface area contributed by atoms with Gasteiger partial charge in [-0.15, -0.1) is 0 Å². The Morgan fingerprint density at radius 1 is 1.03 bits per heavy atom. The number of carbonyl (C=O) groups excluding carboxylic acids is 2. The highest BCUT2D eigenvalue weighted by molar-refractivity contribution is 6.51. The van der Waals surface area contributed by atoms with Crippen molar-refractivity contribution in [3.05, 3.63) is 89.2 Å². The van der Waals surface area contributed by atoms with E-state index in [4.69, 9.17) is 14.2 Å². The van der Waals surface area contributed by atoms with Gasteiger partial charge >= 0.3 is 0 Å². The quantitative estimate of drug-likeness (QED) is 0.340. The minimum absolute atomic E-state index is 0.0600. The van der Waals surface area contributed by atoms with Gasteiger partial charge in [-0.2, -0.15) is 0 Å². The van der Waals surface area contributed by atoms with E-state index in [0.717, 1.165) is 0 Å². The van der Waals surface area contributed by atoms with Crippen LogP contribution >= 0.6 is 0 Å². The van der Waals surface area contributed by atoms with Crippen molar-refractivity contribution in [1.82, 2.24) is 0 Å². The van der Waals surface area contributed by atoms with E-state index in [1.54, 1.807) is 42.5 Å². The minimum atomic E-state index is -0.930. The van der Waals surface area contributed by atoms with Gasteiger partial charge in [0.15, 0.2) is 11.5 Å². The first-order valence-corrected chi connectivity index (χ1v) is 10.7. The number of ketones is 1. The fraction of sp³-hybridized carbons (Fsp3) is 0.154. The number of nitrogens with zero attached hydrogens (tertiary/aromatic N) is 1. The molecule has 1 amide bonds. The maximum absolute atomic E-state index is 13.4. The zero-order valence-corrected chi connectivity index (χ0v) is 18.2. The number of ether oxygens (including phenoxy) is 3. The van der Waals surface area contributed by atoms with Crippen LogP contribution in [0.4, 0.5) is 10.1 Å². The Morgan fingerprint density at radius 3 is 2.44 bits per heavy atom. The maximum atomic E-state index is 13.4. The number of aliphatic hydroxyl groups is 1. The Balaban J connectivity index is 1.67. The summed E-state index contributed by atoms with van der Waals surface area (Å²) in [5.41, 5.74) is 1.12. The summed E-state index contributed by atoms with van der Waals surface area (Å²) in [5.74, 6) is -0.918. The number of benzene rings is 3. The van der Waals surface area contributed by atoms with Crippen molar-refractivity contribution >= 4 is 23.1 Å². The predicted molar refractivity (Wildman–Crippen MR) is 121 cm³/mol. The molecule has 2 aliphatic heterocycles. The number of carbonyl (C=O) groups is 2. The van der Waals surface area contributed by atoms with E-state index in [2.05, 4.69) is 0 Å². The molecule has 7 nitrogen and oxygen atoms in total. The van der Waals surface area contributed by atoms with Gasteiger partial charge in [-0.1, -0.05) is 12.1 Å². The van der Waals surface area contributed by atoms with Crippen LogP contribution in [0.1, 0.15) is 24.1 Å². The van der Waals surface area contributed by atoms with Crippen LogP contribution in [0.5, 0.6) is 17.2 Å². The molecule has 3 aromatic carbocycles. The largest absolute Gasteiger partial charge is 0.507 e. The highest BCUT2D eigenvalue weighted by Gasteiger charge is 2.47. The van der Waals surface area contributed by atoms with Gasteiger partial charge in [-0.05, 0) is 61.0 Å². The second-order valence-corrected chi connectivity index (χ2v) is 7.72. The van der Waals surface area contributed by atoms with E-state index >= 15 is 0 Å². The number of amides is 1. The van der Waals surface area contributed by atoms with E-state index in [9.17, 15) is 19.1 Å². The molecule has 1 saturated heterocycles. The normalized spacial score (nSPS) is 18.4. The lowest BCUT2D eigenvalue weighted by molar-refractivity contribution is -0.132. The number of aliphatic hydroxyl groups excluding tert-OH is 1. The Hall–Kier alpha value is -4.33. The first-order chi connectivity index (χ1) is 16.5. The Bertz CT molecular complexity index is 1300. The van der Waals surface area contributed by atoms with Gasteiger partial charge in [-0.25, -0.2) is 4.39 Å². The molecule has 1 unspecified atom stereocenters. The number of rotatable bonds is 5. The number of Topliss-reactive ketones (excluding diaryl/α,β-unsaturated/α-hetero) is 1. The number of hydrogen-bond acceptors (Lipinski definition) is 6. The molecular weight excluding hydrogens is 441 g/mol. The highest BCUT2D eigenvalue weighted by Crippen LogP contribution is 2.45. The fourth-order valence-corrected chi connectivity index (χ4v) is 4.13. The van der Waals surface area contributed by atoms with Crippen LogP contribution in [0.25, 0.3) is 5.76 Å². The summed E-state index contributed by atoms with van der Waals surface area (Å²) in [6.45, 7) is 2.41. The lowest BCUT2D eigenvalue weighted by atomic mass is 9.95. The molecule has 34 heavy (non-hydrogen) atoms. The van der Waals surface area contributed by atoms with Crippen LogP contribution in [0.3, 0.4) is 0 Å². The summed E-state index contributed by atoms with van der Waals surface area (Å²) in [4.78, 5) is 27.7. The van der Waals surface area contributed by atoms with Gasteiger partial charge < -0.3 is 19.3 Å². The van der Waals surface area contributed by atoms with Crippen LogP contribution in [0, 0.1) is 5.82 Å². The molecule has 2 heterocycles. The van der Waals surface area contributed by atoms with Crippen molar-refractivity contribution < 1.29 is 33.3 Å². The van der Waals surface area contributed by atoms with Crippen molar-refractivity contribution in [2.75, 3.05) is 18.3 Å². The van der Waals surface area contributed by atoms with Crippen LogP contribution in [-0.2, 0) is 9.59 Å². The van der Waals surface area contributed by atoms with Gasteiger partial charge in [0.1, 0.15) is 17.3 Å². The molecule has 2 aliphatic rings. The number of halogens is 1. The van der Waals surface area contributed by atoms with Crippen LogP contribution < -0.4 is 19.1 Å².